The van der Waals surface area contributed by atoms with E-state index >= 15 is 0 Å². The molecule has 0 bridgehead atoms. The van der Waals surface area contributed by atoms with Gasteiger partial charge in [-0.15, -0.1) is 0 Å². The highest BCUT2D eigenvalue weighted by Gasteiger charge is 2.15. The average Bonchev–Trinajstić information content (AvgIpc) is 2.59. The number of hydrogen-bond donors (Lipinski definition) is 1. The maximum Gasteiger partial charge on any atom is 0.264 e. The van der Waals surface area contributed by atoms with Crippen molar-refractivity contribution in [3.63, 3.8) is 0 Å². The molecular weight excluding hydrogens is 320 g/mol. The molecule has 2 aromatic carbocycles. The van der Waals surface area contributed by atoms with E-state index in [-0.39, 0.29) is 17.0 Å². The van der Waals surface area contributed by atoms with Crippen molar-refractivity contribution in [2.75, 3.05) is 0 Å². The normalized spacial score (nSPS) is 12.5. The number of benzene rings is 2. The molecule has 0 fully saturated rings. The van der Waals surface area contributed by atoms with E-state index in [4.69, 9.17) is 5.73 Å². The third-order valence-corrected chi connectivity index (χ3v) is 4.13. The first-order chi connectivity index (χ1) is 12.3. The number of hydrogen-bond acceptors (Lipinski definition) is 2. The van der Waals surface area contributed by atoms with Gasteiger partial charge in [-0.3, -0.25) is 9.36 Å². The molecule has 0 saturated carbocycles. The van der Waals surface area contributed by atoms with Crippen LogP contribution in [0, 0.1) is 17.3 Å². The van der Waals surface area contributed by atoms with Gasteiger partial charge in [0.25, 0.3) is 5.56 Å². The fraction of sp³-hybridized carbons (Fsp3) is 0.261. The fourth-order valence-electron chi connectivity index (χ4n) is 2.92. The SMILES string of the molecule is C[C@H](N)c1cc2cccc(C#CC(C)(C)C)c2c(=O)n1-c1ccccc1. The molecule has 2 N–H and O–H groups in total. The van der Waals surface area contributed by atoms with Crippen molar-refractivity contribution in [1.29, 1.82) is 0 Å². The molecule has 3 aromatic rings. The molecular formula is C23H24N2O. The predicted octanol–water partition coefficient (Wildman–Crippen LogP) is 4.41. The number of fused-ring (bicyclic) bond motifs is 1. The van der Waals surface area contributed by atoms with Crippen molar-refractivity contribution >= 4 is 10.8 Å². The molecule has 3 heteroatoms. The van der Waals surface area contributed by atoms with Gasteiger partial charge in [-0.2, -0.15) is 0 Å². The summed E-state index contributed by atoms with van der Waals surface area (Å²) in [6, 6.07) is 17.1. The lowest BCUT2D eigenvalue weighted by atomic mass is 9.96. The number of pyridine rings is 1. The molecule has 1 atom stereocenters. The van der Waals surface area contributed by atoms with Gasteiger partial charge in [0.05, 0.1) is 5.39 Å². The lowest BCUT2D eigenvalue weighted by molar-refractivity contribution is 0.571. The van der Waals surface area contributed by atoms with Crippen LogP contribution >= 0.6 is 0 Å². The van der Waals surface area contributed by atoms with Crippen LogP contribution in [0.15, 0.2) is 59.4 Å². The second-order valence-corrected chi connectivity index (χ2v) is 7.60. The Bertz CT molecular complexity index is 1060. The van der Waals surface area contributed by atoms with E-state index in [9.17, 15) is 4.79 Å². The van der Waals surface area contributed by atoms with Crippen LogP contribution in [0.1, 0.15) is 45.0 Å². The number of para-hydroxylation sites is 1. The molecule has 132 valence electrons. The summed E-state index contributed by atoms with van der Waals surface area (Å²) in [6.07, 6.45) is 0. The van der Waals surface area contributed by atoms with E-state index in [1.807, 2.05) is 61.5 Å². The fourth-order valence-corrected chi connectivity index (χ4v) is 2.92. The van der Waals surface area contributed by atoms with E-state index in [2.05, 4.69) is 32.6 Å². The molecule has 1 heterocycles. The Morgan fingerprint density at radius 3 is 2.35 bits per heavy atom. The summed E-state index contributed by atoms with van der Waals surface area (Å²) in [7, 11) is 0. The van der Waals surface area contributed by atoms with E-state index in [1.54, 1.807) is 4.57 Å². The topological polar surface area (TPSA) is 48.0 Å². The van der Waals surface area contributed by atoms with Crippen molar-refractivity contribution in [3.05, 3.63) is 76.2 Å². The zero-order valence-electron chi connectivity index (χ0n) is 15.7. The molecule has 0 aliphatic heterocycles. The molecule has 0 unspecified atom stereocenters. The summed E-state index contributed by atoms with van der Waals surface area (Å²) < 4.78 is 1.70. The maximum absolute atomic E-state index is 13.4. The molecule has 0 amide bonds. The second kappa shape index (κ2) is 6.82. The van der Waals surface area contributed by atoms with Crippen molar-refractivity contribution in [1.82, 2.24) is 4.57 Å². The van der Waals surface area contributed by atoms with E-state index in [0.717, 1.165) is 22.3 Å². The Morgan fingerprint density at radius 1 is 1.04 bits per heavy atom. The van der Waals surface area contributed by atoms with Crippen molar-refractivity contribution < 1.29 is 0 Å². The third kappa shape index (κ3) is 3.56. The number of rotatable bonds is 2. The van der Waals surface area contributed by atoms with Gasteiger partial charge in [0.1, 0.15) is 0 Å². The largest absolute Gasteiger partial charge is 0.323 e. The van der Waals surface area contributed by atoms with Crippen LogP contribution in [-0.4, -0.2) is 4.57 Å². The van der Waals surface area contributed by atoms with E-state index in [0.29, 0.717) is 5.39 Å². The molecule has 3 rings (SSSR count). The summed E-state index contributed by atoms with van der Waals surface area (Å²) in [6.45, 7) is 8.06. The van der Waals surface area contributed by atoms with Crippen LogP contribution < -0.4 is 11.3 Å². The highest BCUT2D eigenvalue weighted by molar-refractivity contribution is 5.88. The summed E-state index contributed by atoms with van der Waals surface area (Å²) in [5, 5.41) is 1.51. The monoisotopic (exact) mass is 344 g/mol. The smallest absolute Gasteiger partial charge is 0.264 e. The van der Waals surface area contributed by atoms with Crippen LogP contribution in [-0.2, 0) is 0 Å². The van der Waals surface area contributed by atoms with Gasteiger partial charge >= 0.3 is 0 Å². The van der Waals surface area contributed by atoms with Crippen LogP contribution in [0.3, 0.4) is 0 Å². The third-order valence-electron chi connectivity index (χ3n) is 4.13. The number of nitrogens with zero attached hydrogens (tertiary/aromatic N) is 1. The molecule has 0 radical (unpaired) electrons. The molecule has 0 spiro atoms. The van der Waals surface area contributed by atoms with Gasteiger partial charge in [0, 0.05) is 28.4 Å². The number of nitrogens with two attached hydrogens (primary N) is 1. The minimum Gasteiger partial charge on any atom is -0.323 e. The lowest BCUT2D eigenvalue weighted by Gasteiger charge is -2.17. The second-order valence-electron chi connectivity index (χ2n) is 7.60. The van der Waals surface area contributed by atoms with Gasteiger partial charge < -0.3 is 5.73 Å². The Labute approximate surface area is 154 Å². The van der Waals surface area contributed by atoms with E-state index < -0.39 is 0 Å². The van der Waals surface area contributed by atoms with Crippen molar-refractivity contribution in [2.24, 2.45) is 11.1 Å². The van der Waals surface area contributed by atoms with Crippen molar-refractivity contribution in [3.8, 4) is 17.5 Å². The molecule has 26 heavy (non-hydrogen) atoms. The molecule has 0 aliphatic rings. The lowest BCUT2D eigenvalue weighted by Crippen LogP contribution is -2.26. The maximum atomic E-state index is 13.4. The average molecular weight is 344 g/mol. The van der Waals surface area contributed by atoms with Crippen LogP contribution in [0.5, 0.6) is 0 Å². The first-order valence-electron chi connectivity index (χ1n) is 8.81. The van der Waals surface area contributed by atoms with Gasteiger partial charge in [-0.05, 0) is 57.3 Å². The summed E-state index contributed by atoms with van der Waals surface area (Å²) in [5.74, 6) is 6.43. The minimum absolute atomic E-state index is 0.0835. The first-order valence-corrected chi connectivity index (χ1v) is 8.81. The predicted molar refractivity (Wildman–Crippen MR) is 108 cm³/mol. The number of aromatic nitrogens is 1. The molecule has 1 aromatic heterocycles. The van der Waals surface area contributed by atoms with Gasteiger partial charge in [0.2, 0.25) is 0 Å². The van der Waals surface area contributed by atoms with Crippen LogP contribution in [0.25, 0.3) is 16.5 Å². The Balaban J connectivity index is 2.40. The Kier molecular flexibility index (Phi) is 4.71. The summed E-state index contributed by atoms with van der Waals surface area (Å²) in [4.78, 5) is 13.4. The van der Waals surface area contributed by atoms with Crippen molar-refractivity contribution in [2.45, 2.75) is 33.7 Å². The highest BCUT2D eigenvalue weighted by atomic mass is 16.1. The van der Waals surface area contributed by atoms with Gasteiger partial charge in [0.15, 0.2) is 0 Å². The molecule has 0 aliphatic carbocycles. The van der Waals surface area contributed by atoms with Crippen LogP contribution in [0.2, 0.25) is 0 Å². The van der Waals surface area contributed by atoms with Gasteiger partial charge in [-0.1, -0.05) is 42.2 Å². The minimum atomic E-state index is -0.267. The first kappa shape index (κ1) is 18.0. The van der Waals surface area contributed by atoms with E-state index in [1.165, 1.54) is 0 Å². The zero-order valence-corrected chi connectivity index (χ0v) is 15.7. The van der Waals surface area contributed by atoms with Crippen LogP contribution in [0.4, 0.5) is 0 Å². The molecule has 3 nitrogen and oxygen atoms in total. The summed E-state index contributed by atoms with van der Waals surface area (Å²) >= 11 is 0. The van der Waals surface area contributed by atoms with Gasteiger partial charge in [-0.25, -0.2) is 0 Å². The Morgan fingerprint density at radius 2 is 1.73 bits per heavy atom. The summed E-state index contributed by atoms with van der Waals surface area (Å²) in [5.41, 5.74) is 8.31. The zero-order chi connectivity index (χ0) is 18.9. The Hall–Kier alpha value is -2.83. The molecule has 0 saturated heterocycles. The highest BCUT2D eigenvalue weighted by Crippen LogP contribution is 2.22. The standard InChI is InChI=1S/C23H24N2O/c1-16(24)20-15-18-10-8-9-17(13-14-23(2,3)4)21(18)22(26)25(20)19-11-6-5-7-12-19/h5-12,15-16H,24H2,1-4H3/t16-/m0/s1. The quantitative estimate of drug-likeness (QED) is 0.700.